The van der Waals surface area contributed by atoms with Crippen LogP contribution in [0.25, 0.3) is 16.7 Å². The van der Waals surface area contributed by atoms with Gasteiger partial charge in [0.15, 0.2) is 5.65 Å². The highest BCUT2D eigenvalue weighted by molar-refractivity contribution is 5.73. The van der Waals surface area contributed by atoms with Gasteiger partial charge in [0.1, 0.15) is 17.4 Å². The maximum atomic E-state index is 11.5. The van der Waals surface area contributed by atoms with Gasteiger partial charge in [0.25, 0.3) is 5.56 Å². The van der Waals surface area contributed by atoms with Gasteiger partial charge in [0.05, 0.1) is 6.20 Å². The van der Waals surface area contributed by atoms with Crippen LogP contribution in [0.5, 0.6) is 0 Å². The Morgan fingerprint density at radius 3 is 3.21 bits per heavy atom. The van der Waals surface area contributed by atoms with Crippen LogP contribution in [0.3, 0.4) is 0 Å². The van der Waals surface area contributed by atoms with Crippen molar-refractivity contribution in [1.82, 2.24) is 19.4 Å². The molecule has 5 heteroatoms. The molecular formula is C9H6N4O. The second-order valence-corrected chi connectivity index (χ2v) is 2.97. The minimum Gasteiger partial charge on any atom is -0.308 e. The van der Waals surface area contributed by atoms with E-state index in [1.54, 1.807) is 16.7 Å². The molecule has 0 aliphatic rings. The van der Waals surface area contributed by atoms with Crippen LogP contribution in [0.2, 0.25) is 0 Å². The topological polar surface area (TPSA) is 63.0 Å². The Bertz CT molecular complexity index is 667. The summed E-state index contributed by atoms with van der Waals surface area (Å²) in [5.41, 5.74) is 1.81. The van der Waals surface area contributed by atoms with Crippen molar-refractivity contribution in [3.05, 3.63) is 41.2 Å². The smallest absolute Gasteiger partial charge is 0.273 e. The zero-order chi connectivity index (χ0) is 9.54. The molecule has 0 aliphatic heterocycles. The van der Waals surface area contributed by atoms with Gasteiger partial charge in [-0.3, -0.25) is 4.79 Å². The predicted octanol–water partition coefficient (Wildman–Crippen LogP) is 0.571. The summed E-state index contributed by atoms with van der Waals surface area (Å²) in [6, 6.07) is 3.57. The van der Waals surface area contributed by atoms with Crippen LogP contribution in [0.1, 0.15) is 0 Å². The second kappa shape index (κ2) is 2.41. The van der Waals surface area contributed by atoms with Crippen molar-refractivity contribution in [2.45, 2.75) is 0 Å². The molecular weight excluding hydrogens is 180 g/mol. The first-order valence-electron chi connectivity index (χ1n) is 4.15. The molecule has 0 fully saturated rings. The molecule has 0 aromatic carbocycles. The molecule has 0 amide bonds. The number of fused-ring (bicyclic) bond motifs is 3. The van der Waals surface area contributed by atoms with Crippen molar-refractivity contribution < 1.29 is 0 Å². The van der Waals surface area contributed by atoms with E-state index in [0.717, 1.165) is 5.52 Å². The fourth-order valence-corrected chi connectivity index (χ4v) is 1.54. The Labute approximate surface area is 78.1 Å². The van der Waals surface area contributed by atoms with Crippen LogP contribution in [0.15, 0.2) is 35.6 Å². The molecule has 0 radical (unpaired) electrons. The minimum atomic E-state index is -0.138. The van der Waals surface area contributed by atoms with Crippen molar-refractivity contribution in [3.8, 4) is 0 Å². The first kappa shape index (κ1) is 7.25. The summed E-state index contributed by atoms with van der Waals surface area (Å²) in [6.45, 7) is 0. The molecule has 3 rings (SSSR count). The van der Waals surface area contributed by atoms with Gasteiger partial charge in [-0.2, -0.15) is 0 Å². The van der Waals surface area contributed by atoms with Gasteiger partial charge in [-0.25, -0.2) is 9.97 Å². The Morgan fingerprint density at radius 1 is 1.36 bits per heavy atom. The summed E-state index contributed by atoms with van der Waals surface area (Å²) in [6.07, 6.45) is 4.90. The fourth-order valence-electron chi connectivity index (χ4n) is 1.54. The van der Waals surface area contributed by atoms with Gasteiger partial charge in [-0.1, -0.05) is 0 Å². The highest BCUT2D eigenvalue weighted by Gasteiger charge is 2.03. The van der Waals surface area contributed by atoms with Gasteiger partial charge >= 0.3 is 0 Å². The van der Waals surface area contributed by atoms with Crippen molar-refractivity contribution in [1.29, 1.82) is 0 Å². The molecule has 0 saturated heterocycles. The fraction of sp³-hybridized carbons (Fsp3) is 0. The Hall–Kier alpha value is -2.17. The van der Waals surface area contributed by atoms with Crippen LogP contribution in [-0.4, -0.2) is 19.4 Å². The van der Waals surface area contributed by atoms with Crippen LogP contribution in [0.4, 0.5) is 0 Å². The van der Waals surface area contributed by atoms with E-state index in [0.29, 0.717) is 11.2 Å². The van der Waals surface area contributed by atoms with Gasteiger partial charge in [-0.05, 0) is 12.1 Å². The SMILES string of the molecule is O=c1[nH]c2ncncc2n2cccc12. The van der Waals surface area contributed by atoms with Crippen LogP contribution in [0, 0.1) is 0 Å². The first-order valence-corrected chi connectivity index (χ1v) is 4.15. The van der Waals surface area contributed by atoms with Crippen LogP contribution < -0.4 is 5.56 Å². The van der Waals surface area contributed by atoms with Crippen LogP contribution >= 0.6 is 0 Å². The molecule has 0 saturated carbocycles. The van der Waals surface area contributed by atoms with Crippen molar-refractivity contribution in [2.75, 3.05) is 0 Å². The molecule has 3 aromatic rings. The van der Waals surface area contributed by atoms with E-state index >= 15 is 0 Å². The number of nitrogens with one attached hydrogen (secondary N) is 1. The number of rotatable bonds is 0. The summed E-state index contributed by atoms with van der Waals surface area (Å²) in [5.74, 6) is 0. The molecule has 3 aromatic heterocycles. The van der Waals surface area contributed by atoms with Crippen molar-refractivity contribution >= 4 is 16.7 Å². The summed E-state index contributed by atoms with van der Waals surface area (Å²) in [7, 11) is 0. The summed E-state index contributed by atoms with van der Waals surface area (Å²) in [4.78, 5) is 22.1. The maximum absolute atomic E-state index is 11.5. The van der Waals surface area contributed by atoms with Gasteiger partial charge in [0, 0.05) is 6.20 Å². The number of hydrogen-bond donors (Lipinski definition) is 1. The molecule has 14 heavy (non-hydrogen) atoms. The predicted molar refractivity (Wildman–Crippen MR) is 51.1 cm³/mol. The van der Waals surface area contributed by atoms with E-state index in [2.05, 4.69) is 15.0 Å². The van der Waals surface area contributed by atoms with E-state index in [1.807, 2.05) is 12.3 Å². The van der Waals surface area contributed by atoms with E-state index in [9.17, 15) is 4.79 Å². The zero-order valence-electron chi connectivity index (χ0n) is 7.14. The molecule has 1 N–H and O–H groups in total. The third-order valence-corrected chi connectivity index (χ3v) is 2.17. The van der Waals surface area contributed by atoms with Gasteiger partial charge < -0.3 is 9.38 Å². The first-order chi connectivity index (χ1) is 6.86. The molecule has 68 valence electrons. The number of nitrogens with zero attached hydrogens (tertiary/aromatic N) is 3. The van der Waals surface area contributed by atoms with Crippen LogP contribution in [-0.2, 0) is 0 Å². The Morgan fingerprint density at radius 2 is 2.29 bits per heavy atom. The van der Waals surface area contributed by atoms with Gasteiger partial charge in [-0.15, -0.1) is 0 Å². The van der Waals surface area contributed by atoms with E-state index < -0.39 is 0 Å². The average molecular weight is 186 g/mol. The molecule has 5 nitrogen and oxygen atoms in total. The Kier molecular flexibility index (Phi) is 1.25. The lowest BCUT2D eigenvalue weighted by molar-refractivity contribution is 1.10. The standard InChI is InChI=1S/C9H6N4O/c14-9-6-2-1-3-13(6)7-4-10-5-11-8(7)12-9/h1-5H,(H,10,11,12,14). The number of aromatic amines is 1. The number of H-pyrrole nitrogens is 1. The minimum absolute atomic E-state index is 0.138. The largest absolute Gasteiger partial charge is 0.308 e. The molecule has 0 atom stereocenters. The molecule has 0 unspecified atom stereocenters. The highest BCUT2D eigenvalue weighted by atomic mass is 16.1. The third-order valence-electron chi connectivity index (χ3n) is 2.17. The van der Waals surface area contributed by atoms with E-state index in [1.165, 1.54) is 6.33 Å². The van der Waals surface area contributed by atoms with E-state index in [-0.39, 0.29) is 5.56 Å². The summed E-state index contributed by atoms with van der Waals surface area (Å²) >= 11 is 0. The lowest BCUT2D eigenvalue weighted by atomic mass is 10.4. The van der Waals surface area contributed by atoms with Crippen molar-refractivity contribution in [2.24, 2.45) is 0 Å². The molecule has 0 bridgehead atoms. The van der Waals surface area contributed by atoms with E-state index in [4.69, 9.17) is 0 Å². The zero-order valence-corrected chi connectivity index (χ0v) is 7.14. The average Bonchev–Trinajstić information content (AvgIpc) is 2.67. The molecule has 0 spiro atoms. The highest BCUT2D eigenvalue weighted by Crippen LogP contribution is 2.07. The number of aromatic nitrogens is 4. The summed E-state index contributed by atoms with van der Waals surface area (Å²) < 4.78 is 1.77. The lowest BCUT2D eigenvalue weighted by Gasteiger charge is -1.99. The summed E-state index contributed by atoms with van der Waals surface area (Å²) in [5, 5.41) is 0. The molecule has 0 aliphatic carbocycles. The third kappa shape index (κ3) is 0.806. The second-order valence-electron chi connectivity index (χ2n) is 2.97. The lowest BCUT2D eigenvalue weighted by Crippen LogP contribution is -2.10. The molecule has 3 heterocycles. The van der Waals surface area contributed by atoms with Gasteiger partial charge in [0.2, 0.25) is 0 Å². The van der Waals surface area contributed by atoms with Crippen molar-refractivity contribution in [3.63, 3.8) is 0 Å². The monoisotopic (exact) mass is 186 g/mol. The number of hydrogen-bond acceptors (Lipinski definition) is 3. The Balaban J connectivity index is 2.73. The maximum Gasteiger partial charge on any atom is 0.273 e. The normalized spacial score (nSPS) is 11.1. The quantitative estimate of drug-likeness (QED) is 0.558.